The van der Waals surface area contributed by atoms with Crippen LogP contribution in [0.25, 0.3) is 0 Å². The summed E-state index contributed by atoms with van der Waals surface area (Å²) < 4.78 is 0. The number of hydrogen-bond acceptors (Lipinski definition) is 7. The highest BCUT2D eigenvalue weighted by Crippen LogP contribution is 2.34. The molecule has 1 aromatic carbocycles. The molecule has 2 amide bonds. The lowest BCUT2D eigenvalue weighted by Gasteiger charge is -2.14. The van der Waals surface area contributed by atoms with Gasteiger partial charge in [-0.05, 0) is 24.3 Å². The third-order valence-corrected chi connectivity index (χ3v) is 4.88. The number of pyridine rings is 1. The lowest BCUT2D eigenvalue weighted by molar-refractivity contribution is -0.384. The van der Waals surface area contributed by atoms with Crippen LogP contribution >= 0.6 is 11.8 Å². The summed E-state index contributed by atoms with van der Waals surface area (Å²) in [6.45, 7) is 0. The Labute approximate surface area is 150 Å². The number of nitro benzene ring substituents is 1. The Morgan fingerprint density at radius 2 is 1.96 bits per heavy atom. The summed E-state index contributed by atoms with van der Waals surface area (Å²) in [5.41, 5.74) is 0.0260. The molecular formula is C16H11N3O6S. The topological polar surface area (TPSA) is 131 Å². The van der Waals surface area contributed by atoms with Crippen LogP contribution in [0.5, 0.6) is 0 Å². The molecule has 132 valence electrons. The van der Waals surface area contributed by atoms with Gasteiger partial charge in [0.2, 0.25) is 11.8 Å². The summed E-state index contributed by atoms with van der Waals surface area (Å²) in [4.78, 5) is 51.1. The predicted octanol–water partition coefficient (Wildman–Crippen LogP) is 2.11. The number of thioether (sulfide) groups is 1. The zero-order valence-electron chi connectivity index (χ0n) is 13.1. The maximum atomic E-state index is 12.6. The predicted molar refractivity (Wildman–Crippen MR) is 91.0 cm³/mol. The number of carboxylic acid groups (broad SMARTS) is 1. The summed E-state index contributed by atoms with van der Waals surface area (Å²) in [5.74, 6) is -2.16. The molecule has 1 saturated heterocycles. The minimum Gasteiger partial charge on any atom is -0.478 e. The number of non-ortho nitro benzene ring substituents is 1. The van der Waals surface area contributed by atoms with E-state index in [0.29, 0.717) is 0 Å². The first-order valence-electron chi connectivity index (χ1n) is 7.34. The quantitative estimate of drug-likeness (QED) is 0.479. The molecule has 1 fully saturated rings. The van der Waals surface area contributed by atoms with E-state index in [-0.39, 0.29) is 28.4 Å². The number of carbonyl (C=O) groups excluding carboxylic acids is 2. The van der Waals surface area contributed by atoms with E-state index in [2.05, 4.69) is 4.98 Å². The molecule has 0 bridgehead atoms. The van der Waals surface area contributed by atoms with Gasteiger partial charge in [-0.3, -0.25) is 19.7 Å². The Kier molecular flexibility index (Phi) is 4.67. The van der Waals surface area contributed by atoms with E-state index in [1.807, 2.05) is 0 Å². The van der Waals surface area contributed by atoms with Crippen molar-refractivity contribution in [2.24, 2.45) is 0 Å². The van der Waals surface area contributed by atoms with E-state index in [0.717, 1.165) is 16.7 Å². The molecule has 0 spiro atoms. The molecule has 1 N–H and O–H groups in total. The molecular weight excluding hydrogens is 362 g/mol. The number of aromatic nitrogens is 1. The maximum Gasteiger partial charge on any atom is 0.338 e. The van der Waals surface area contributed by atoms with Crippen molar-refractivity contribution >= 4 is 40.9 Å². The lowest BCUT2D eigenvalue weighted by atomic mass is 10.2. The van der Waals surface area contributed by atoms with Crippen LogP contribution < -0.4 is 4.90 Å². The molecule has 1 aromatic heterocycles. The zero-order valence-corrected chi connectivity index (χ0v) is 13.9. The number of nitrogens with zero attached hydrogens (tertiary/aromatic N) is 3. The number of amides is 2. The van der Waals surface area contributed by atoms with Gasteiger partial charge in [-0.2, -0.15) is 0 Å². The van der Waals surface area contributed by atoms with Crippen LogP contribution in [0, 0.1) is 10.1 Å². The van der Waals surface area contributed by atoms with Crippen molar-refractivity contribution in [2.75, 3.05) is 4.90 Å². The van der Waals surface area contributed by atoms with Crippen molar-refractivity contribution in [3.8, 4) is 0 Å². The Morgan fingerprint density at radius 3 is 2.58 bits per heavy atom. The largest absolute Gasteiger partial charge is 0.478 e. The maximum absolute atomic E-state index is 12.6. The molecule has 0 saturated carbocycles. The van der Waals surface area contributed by atoms with E-state index in [1.54, 1.807) is 0 Å². The SMILES string of the molecule is O=C(O)c1cccnc1S[C@H]1CC(=O)N(c2ccc([N+](=O)[O-])cc2)C1=O. The number of carboxylic acids is 1. The van der Waals surface area contributed by atoms with Crippen LogP contribution in [0.3, 0.4) is 0 Å². The molecule has 1 atom stereocenters. The van der Waals surface area contributed by atoms with Crippen molar-refractivity contribution in [2.45, 2.75) is 16.7 Å². The third-order valence-electron chi connectivity index (χ3n) is 3.68. The highest BCUT2D eigenvalue weighted by molar-refractivity contribution is 8.00. The van der Waals surface area contributed by atoms with Crippen LogP contribution in [0.15, 0.2) is 47.6 Å². The molecule has 26 heavy (non-hydrogen) atoms. The molecule has 0 radical (unpaired) electrons. The van der Waals surface area contributed by atoms with E-state index < -0.39 is 28.0 Å². The summed E-state index contributed by atoms with van der Waals surface area (Å²) in [7, 11) is 0. The number of aromatic carboxylic acids is 1. The van der Waals surface area contributed by atoms with Gasteiger partial charge in [0.25, 0.3) is 5.69 Å². The number of benzene rings is 1. The molecule has 2 heterocycles. The molecule has 2 aromatic rings. The monoisotopic (exact) mass is 373 g/mol. The number of rotatable bonds is 5. The average Bonchev–Trinajstić information content (AvgIpc) is 2.89. The number of carbonyl (C=O) groups is 3. The number of nitro groups is 1. The Balaban J connectivity index is 1.83. The van der Waals surface area contributed by atoms with Crippen LogP contribution in [0.2, 0.25) is 0 Å². The minimum atomic E-state index is -1.18. The average molecular weight is 373 g/mol. The summed E-state index contributed by atoms with van der Waals surface area (Å²) >= 11 is 0.912. The van der Waals surface area contributed by atoms with Gasteiger partial charge in [-0.15, -0.1) is 0 Å². The number of hydrogen-bond donors (Lipinski definition) is 1. The van der Waals surface area contributed by atoms with Gasteiger partial charge in [-0.1, -0.05) is 11.8 Å². The van der Waals surface area contributed by atoms with Crippen LogP contribution in [0.1, 0.15) is 16.8 Å². The van der Waals surface area contributed by atoms with Crippen molar-refractivity contribution in [3.63, 3.8) is 0 Å². The fourth-order valence-electron chi connectivity index (χ4n) is 2.47. The van der Waals surface area contributed by atoms with Crippen molar-refractivity contribution < 1.29 is 24.4 Å². The fraction of sp³-hybridized carbons (Fsp3) is 0.125. The second-order valence-electron chi connectivity index (χ2n) is 5.31. The zero-order chi connectivity index (χ0) is 18.8. The first kappa shape index (κ1) is 17.5. The highest BCUT2D eigenvalue weighted by Gasteiger charge is 2.41. The normalized spacial score (nSPS) is 16.8. The highest BCUT2D eigenvalue weighted by atomic mass is 32.2. The van der Waals surface area contributed by atoms with Crippen LogP contribution in [-0.2, 0) is 9.59 Å². The Morgan fingerprint density at radius 1 is 1.27 bits per heavy atom. The summed E-state index contributed by atoms with van der Waals surface area (Å²) in [5, 5.41) is 19.2. The van der Waals surface area contributed by atoms with Gasteiger partial charge in [0.05, 0.1) is 21.4 Å². The summed E-state index contributed by atoms with van der Waals surface area (Å²) in [6.07, 6.45) is 1.29. The smallest absolute Gasteiger partial charge is 0.338 e. The lowest BCUT2D eigenvalue weighted by Crippen LogP contribution is -2.31. The van der Waals surface area contributed by atoms with E-state index in [1.165, 1.54) is 42.6 Å². The molecule has 10 heteroatoms. The minimum absolute atomic E-state index is 0.0495. The molecule has 0 unspecified atom stereocenters. The van der Waals surface area contributed by atoms with E-state index in [4.69, 9.17) is 0 Å². The van der Waals surface area contributed by atoms with Gasteiger partial charge in [0.1, 0.15) is 5.03 Å². The van der Waals surface area contributed by atoms with Gasteiger partial charge < -0.3 is 5.11 Å². The summed E-state index contributed by atoms with van der Waals surface area (Å²) in [6, 6.07) is 7.90. The second kappa shape index (κ2) is 6.92. The molecule has 3 rings (SSSR count). The van der Waals surface area contributed by atoms with Crippen LogP contribution in [-0.4, -0.2) is 38.0 Å². The Hall–Kier alpha value is -3.27. The van der Waals surface area contributed by atoms with Crippen molar-refractivity contribution in [3.05, 3.63) is 58.3 Å². The molecule has 9 nitrogen and oxygen atoms in total. The molecule has 1 aliphatic rings. The molecule has 0 aliphatic carbocycles. The van der Waals surface area contributed by atoms with Crippen molar-refractivity contribution in [1.29, 1.82) is 0 Å². The first-order chi connectivity index (χ1) is 12.4. The van der Waals surface area contributed by atoms with Crippen LogP contribution in [0.4, 0.5) is 11.4 Å². The van der Waals surface area contributed by atoms with Gasteiger partial charge in [0.15, 0.2) is 0 Å². The van der Waals surface area contributed by atoms with Gasteiger partial charge >= 0.3 is 5.97 Å². The number of anilines is 1. The number of imide groups is 1. The third kappa shape index (κ3) is 3.26. The fourth-order valence-corrected chi connectivity index (χ4v) is 3.58. The standard InChI is InChI=1S/C16H11N3O6S/c20-13-8-12(26-14-11(16(22)23)2-1-7-17-14)15(21)18(13)9-3-5-10(6-4-9)19(24)25/h1-7,12H,8H2,(H,22,23)/t12-/m0/s1. The van der Waals surface area contributed by atoms with E-state index >= 15 is 0 Å². The van der Waals surface area contributed by atoms with E-state index in [9.17, 15) is 29.6 Å². The second-order valence-corrected chi connectivity index (χ2v) is 6.50. The van der Waals surface area contributed by atoms with Gasteiger partial charge in [0, 0.05) is 24.8 Å². The molecule has 1 aliphatic heterocycles. The Bertz CT molecular complexity index is 914. The van der Waals surface area contributed by atoms with Crippen molar-refractivity contribution in [1.82, 2.24) is 4.98 Å². The first-order valence-corrected chi connectivity index (χ1v) is 8.22. The van der Waals surface area contributed by atoms with Gasteiger partial charge in [-0.25, -0.2) is 14.7 Å².